The Morgan fingerprint density at radius 3 is 2.82 bits per heavy atom. The first-order valence-corrected chi connectivity index (χ1v) is 8.18. The molecule has 1 aromatic carbocycles. The zero-order valence-corrected chi connectivity index (χ0v) is 14.3. The SMILES string of the molecule is CC(N)CCNC(=O)CCSc1ccc2c(c1)OCCO2.Cl. The van der Waals surface area contributed by atoms with E-state index in [9.17, 15) is 4.79 Å². The predicted molar refractivity (Wildman–Crippen MR) is 91.3 cm³/mol. The van der Waals surface area contributed by atoms with Gasteiger partial charge in [0, 0.05) is 29.7 Å². The number of thioether (sulfide) groups is 1. The number of amides is 1. The fourth-order valence-electron chi connectivity index (χ4n) is 1.90. The monoisotopic (exact) mass is 346 g/mol. The number of nitrogens with one attached hydrogen (secondary N) is 1. The van der Waals surface area contributed by atoms with E-state index in [4.69, 9.17) is 15.2 Å². The number of carbonyl (C=O) groups is 1. The van der Waals surface area contributed by atoms with Crippen LogP contribution in [-0.2, 0) is 4.79 Å². The van der Waals surface area contributed by atoms with Gasteiger partial charge >= 0.3 is 0 Å². The van der Waals surface area contributed by atoms with Crippen molar-refractivity contribution in [3.8, 4) is 11.5 Å². The van der Waals surface area contributed by atoms with Gasteiger partial charge in [0.05, 0.1) is 0 Å². The lowest BCUT2D eigenvalue weighted by molar-refractivity contribution is -0.120. The summed E-state index contributed by atoms with van der Waals surface area (Å²) in [6.07, 6.45) is 1.30. The van der Waals surface area contributed by atoms with Crippen LogP contribution >= 0.6 is 24.2 Å². The first-order chi connectivity index (χ1) is 10.1. The molecule has 1 heterocycles. The number of carbonyl (C=O) groups excluding carboxylic acids is 1. The molecular weight excluding hydrogens is 324 g/mol. The highest BCUT2D eigenvalue weighted by atomic mass is 35.5. The third-order valence-electron chi connectivity index (χ3n) is 3.03. The molecule has 0 saturated heterocycles. The summed E-state index contributed by atoms with van der Waals surface area (Å²) in [6.45, 7) is 3.76. The number of hydrogen-bond acceptors (Lipinski definition) is 5. The molecule has 0 aromatic heterocycles. The maximum Gasteiger partial charge on any atom is 0.220 e. The number of rotatable bonds is 7. The van der Waals surface area contributed by atoms with Gasteiger partial charge in [-0.15, -0.1) is 24.2 Å². The van der Waals surface area contributed by atoms with Gasteiger partial charge in [-0.05, 0) is 31.5 Å². The van der Waals surface area contributed by atoms with E-state index in [1.807, 2.05) is 25.1 Å². The van der Waals surface area contributed by atoms with Crippen LogP contribution < -0.4 is 20.5 Å². The summed E-state index contributed by atoms with van der Waals surface area (Å²) in [5.41, 5.74) is 5.63. The fraction of sp³-hybridized carbons (Fsp3) is 0.533. The smallest absolute Gasteiger partial charge is 0.220 e. The van der Waals surface area contributed by atoms with Crippen LogP contribution in [0.1, 0.15) is 19.8 Å². The molecule has 0 spiro atoms. The Bertz CT molecular complexity index is 486. The second-order valence-corrected chi connectivity index (χ2v) is 6.19. The van der Waals surface area contributed by atoms with Crippen LogP contribution in [0, 0.1) is 0 Å². The molecule has 7 heteroatoms. The molecule has 1 amide bonds. The summed E-state index contributed by atoms with van der Waals surface area (Å²) >= 11 is 1.64. The summed E-state index contributed by atoms with van der Waals surface area (Å²) < 4.78 is 11.0. The van der Waals surface area contributed by atoms with Gasteiger partial charge in [0.25, 0.3) is 0 Å². The van der Waals surface area contributed by atoms with E-state index in [1.165, 1.54) is 0 Å². The summed E-state index contributed by atoms with van der Waals surface area (Å²) in [4.78, 5) is 12.7. The molecule has 1 aliphatic heterocycles. The van der Waals surface area contributed by atoms with E-state index >= 15 is 0 Å². The van der Waals surface area contributed by atoms with Gasteiger partial charge in [-0.2, -0.15) is 0 Å². The van der Waals surface area contributed by atoms with Crippen molar-refractivity contribution in [1.82, 2.24) is 5.32 Å². The van der Waals surface area contributed by atoms with Crippen LogP contribution in [0.5, 0.6) is 11.5 Å². The molecule has 1 unspecified atom stereocenters. The Balaban J connectivity index is 0.00000242. The maximum absolute atomic E-state index is 11.6. The van der Waals surface area contributed by atoms with Gasteiger partial charge < -0.3 is 20.5 Å². The molecule has 0 fully saturated rings. The van der Waals surface area contributed by atoms with Crippen molar-refractivity contribution in [2.75, 3.05) is 25.5 Å². The number of fused-ring (bicyclic) bond motifs is 1. The molecule has 0 bridgehead atoms. The highest BCUT2D eigenvalue weighted by Gasteiger charge is 2.12. The largest absolute Gasteiger partial charge is 0.486 e. The molecule has 22 heavy (non-hydrogen) atoms. The van der Waals surface area contributed by atoms with Gasteiger partial charge in [-0.1, -0.05) is 0 Å². The number of ether oxygens (including phenoxy) is 2. The molecule has 124 valence electrons. The first kappa shape index (κ1) is 18.9. The van der Waals surface area contributed by atoms with Crippen molar-refractivity contribution in [3.63, 3.8) is 0 Å². The Labute approximate surface area is 141 Å². The van der Waals surface area contributed by atoms with E-state index in [0.29, 0.717) is 26.2 Å². The number of halogens is 1. The van der Waals surface area contributed by atoms with E-state index in [0.717, 1.165) is 28.6 Å². The second kappa shape index (κ2) is 9.82. The quantitative estimate of drug-likeness (QED) is 0.740. The summed E-state index contributed by atoms with van der Waals surface area (Å²) in [6, 6.07) is 6.00. The Hall–Kier alpha value is -1.11. The lowest BCUT2D eigenvalue weighted by Gasteiger charge is -2.18. The summed E-state index contributed by atoms with van der Waals surface area (Å²) in [5, 5.41) is 2.87. The van der Waals surface area contributed by atoms with E-state index in [-0.39, 0.29) is 24.4 Å². The van der Waals surface area contributed by atoms with Crippen molar-refractivity contribution >= 4 is 30.1 Å². The number of hydrogen-bond donors (Lipinski definition) is 2. The summed E-state index contributed by atoms with van der Waals surface area (Å²) in [5.74, 6) is 2.39. The minimum Gasteiger partial charge on any atom is -0.486 e. The van der Waals surface area contributed by atoms with Crippen LogP contribution in [0.4, 0.5) is 0 Å². The third kappa shape index (κ3) is 6.34. The van der Waals surface area contributed by atoms with Crippen LogP contribution in [0.3, 0.4) is 0 Å². The van der Waals surface area contributed by atoms with Crippen molar-refractivity contribution in [1.29, 1.82) is 0 Å². The van der Waals surface area contributed by atoms with Crippen LogP contribution in [0.25, 0.3) is 0 Å². The Morgan fingerprint density at radius 2 is 2.09 bits per heavy atom. The van der Waals surface area contributed by atoms with Crippen molar-refractivity contribution in [3.05, 3.63) is 18.2 Å². The van der Waals surface area contributed by atoms with Gasteiger partial charge in [-0.3, -0.25) is 4.79 Å². The Morgan fingerprint density at radius 1 is 1.36 bits per heavy atom. The van der Waals surface area contributed by atoms with Gasteiger partial charge in [0.2, 0.25) is 5.91 Å². The van der Waals surface area contributed by atoms with Gasteiger partial charge in [0.15, 0.2) is 11.5 Å². The highest BCUT2D eigenvalue weighted by molar-refractivity contribution is 7.99. The average molecular weight is 347 g/mol. The first-order valence-electron chi connectivity index (χ1n) is 7.20. The second-order valence-electron chi connectivity index (χ2n) is 5.02. The van der Waals surface area contributed by atoms with E-state index in [1.54, 1.807) is 11.8 Å². The fourth-order valence-corrected chi connectivity index (χ4v) is 2.78. The minimum atomic E-state index is 0. The molecule has 3 N–H and O–H groups in total. The summed E-state index contributed by atoms with van der Waals surface area (Å²) in [7, 11) is 0. The third-order valence-corrected chi connectivity index (χ3v) is 4.03. The highest BCUT2D eigenvalue weighted by Crippen LogP contribution is 2.34. The minimum absolute atomic E-state index is 0. The molecule has 0 radical (unpaired) electrons. The topological polar surface area (TPSA) is 73.6 Å². The van der Waals surface area contributed by atoms with Crippen molar-refractivity contribution < 1.29 is 14.3 Å². The van der Waals surface area contributed by atoms with E-state index in [2.05, 4.69) is 5.32 Å². The Kier molecular flexibility index (Phi) is 8.45. The molecule has 1 aromatic rings. The predicted octanol–water partition coefficient (Wildman–Crippen LogP) is 2.22. The van der Waals surface area contributed by atoms with Crippen LogP contribution in [-0.4, -0.2) is 37.5 Å². The molecule has 0 aliphatic carbocycles. The molecular formula is C15H23ClN2O3S. The van der Waals surface area contributed by atoms with Crippen molar-refractivity contribution in [2.45, 2.75) is 30.7 Å². The maximum atomic E-state index is 11.6. The van der Waals surface area contributed by atoms with Crippen LogP contribution in [0.2, 0.25) is 0 Å². The zero-order valence-electron chi connectivity index (χ0n) is 12.7. The number of benzene rings is 1. The molecule has 5 nitrogen and oxygen atoms in total. The van der Waals surface area contributed by atoms with Crippen molar-refractivity contribution in [2.24, 2.45) is 5.73 Å². The molecule has 2 rings (SSSR count). The van der Waals surface area contributed by atoms with Crippen LogP contribution in [0.15, 0.2) is 23.1 Å². The zero-order chi connectivity index (χ0) is 15.1. The molecule has 1 aliphatic rings. The molecule has 0 saturated carbocycles. The van der Waals surface area contributed by atoms with E-state index < -0.39 is 0 Å². The normalized spacial score (nSPS) is 13.9. The number of nitrogens with two attached hydrogens (primary N) is 1. The standard InChI is InChI=1S/C15H22N2O3S.ClH/c1-11(16)4-6-17-15(18)5-9-21-12-2-3-13-14(10-12)20-8-7-19-13;/h2-3,10-11H,4-9,16H2,1H3,(H,17,18);1H. The van der Waals surface area contributed by atoms with Gasteiger partial charge in [-0.25, -0.2) is 0 Å². The lowest BCUT2D eigenvalue weighted by Crippen LogP contribution is -2.29. The molecule has 1 atom stereocenters. The average Bonchev–Trinajstić information content (AvgIpc) is 2.47. The lowest BCUT2D eigenvalue weighted by atomic mass is 10.2. The van der Waals surface area contributed by atoms with Gasteiger partial charge in [0.1, 0.15) is 13.2 Å².